The van der Waals surface area contributed by atoms with E-state index in [2.05, 4.69) is 10.3 Å². The molecular formula is C15H11Cl2N3O3. The van der Waals surface area contributed by atoms with Crippen molar-refractivity contribution in [3.8, 4) is 5.75 Å². The van der Waals surface area contributed by atoms with E-state index in [0.29, 0.717) is 27.3 Å². The Morgan fingerprint density at radius 2 is 2.17 bits per heavy atom. The van der Waals surface area contributed by atoms with E-state index < -0.39 is 5.91 Å². The zero-order chi connectivity index (χ0) is 16.4. The lowest BCUT2D eigenvalue weighted by atomic mass is 10.3. The van der Waals surface area contributed by atoms with Crippen LogP contribution in [-0.4, -0.2) is 29.9 Å². The van der Waals surface area contributed by atoms with Crippen molar-refractivity contribution in [2.75, 3.05) is 23.4 Å². The topological polar surface area (TPSA) is 71.5 Å². The molecule has 1 aliphatic rings. The first-order valence-electron chi connectivity index (χ1n) is 6.67. The number of carbonyl (C=O) groups excluding carboxylic acids is 2. The summed E-state index contributed by atoms with van der Waals surface area (Å²) in [5.41, 5.74) is 0.381. The summed E-state index contributed by atoms with van der Waals surface area (Å²) in [6, 6.07) is 8.11. The minimum absolute atomic E-state index is 0.135. The maximum Gasteiger partial charge on any atom is 0.266 e. The number of carbonyl (C=O) groups is 2. The number of pyridine rings is 1. The van der Waals surface area contributed by atoms with Gasteiger partial charge in [-0.05, 0) is 30.3 Å². The van der Waals surface area contributed by atoms with Crippen molar-refractivity contribution in [2.24, 2.45) is 0 Å². The molecule has 0 bridgehead atoms. The number of hydrogen-bond donors (Lipinski definition) is 1. The Balaban J connectivity index is 1.78. The molecule has 23 heavy (non-hydrogen) atoms. The van der Waals surface area contributed by atoms with Gasteiger partial charge in [0.05, 0.1) is 10.7 Å². The summed E-state index contributed by atoms with van der Waals surface area (Å²) < 4.78 is 5.28. The fourth-order valence-corrected chi connectivity index (χ4v) is 2.46. The summed E-state index contributed by atoms with van der Waals surface area (Å²) in [4.78, 5) is 29.6. The molecule has 1 aromatic carbocycles. The van der Waals surface area contributed by atoms with Gasteiger partial charge in [-0.3, -0.25) is 14.5 Å². The van der Waals surface area contributed by atoms with E-state index >= 15 is 0 Å². The monoisotopic (exact) mass is 351 g/mol. The summed E-state index contributed by atoms with van der Waals surface area (Å²) in [7, 11) is 0. The Morgan fingerprint density at radius 1 is 1.35 bits per heavy atom. The molecule has 0 saturated carbocycles. The minimum Gasteiger partial charge on any atom is -0.480 e. The van der Waals surface area contributed by atoms with E-state index in [1.165, 1.54) is 17.2 Å². The molecule has 0 radical (unpaired) electrons. The van der Waals surface area contributed by atoms with Crippen molar-refractivity contribution in [1.29, 1.82) is 0 Å². The highest BCUT2D eigenvalue weighted by atomic mass is 35.5. The third kappa shape index (κ3) is 3.38. The van der Waals surface area contributed by atoms with Gasteiger partial charge in [-0.15, -0.1) is 0 Å². The first-order valence-corrected chi connectivity index (χ1v) is 7.43. The molecular weight excluding hydrogens is 341 g/mol. The first kappa shape index (κ1) is 15.6. The predicted octanol–water partition coefficient (Wildman–Crippen LogP) is 2.75. The van der Waals surface area contributed by atoms with Crippen LogP contribution in [0.2, 0.25) is 10.0 Å². The van der Waals surface area contributed by atoms with Gasteiger partial charge in [0, 0.05) is 11.2 Å². The van der Waals surface area contributed by atoms with Crippen LogP contribution >= 0.6 is 23.2 Å². The van der Waals surface area contributed by atoms with Crippen molar-refractivity contribution in [2.45, 2.75) is 0 Å². The van der Waals surface area contributed by atoms with Gasteiger partial charge in [-0.25, -0.2) is 4.98 Å². The van der Waals surface area contributed by atoms with Crippen LogP contribution in [0.5, 0.6) is 5.75 Å². The molecule has 0 atom stereocenters. The molecule has 2 aromatic rings. The Kier molecular flexibility index (Phi) is 4.36. The van der Waals surface area contributed by atoms with Gasteiger partial charge in [-0.1, -0.05) is 23.2 Å². The maximum atomic E-state index is 12.2. The summed E-state index contributed by atoms with van der Waals surface area (Å²) in [6.45, 7) is -0.334. The molecule has 2 heterocycles. The second-order valence-corrected chi connectivity index (χ2v) is 5.61. The molecule has 8 heteroatoms. The van der Waals surface area contributed by atoms with Crippen LogP contribution in [0.25, 0.3) is 0 Å². The van der Waals surface area contributed by atoms with Crippen molar-refractivity contribution in [1.82, 2.24) is 4.98 Å². The Hall–Kier alpha value is -2.31. The number of aromatic nitrogens is 1. The molecule has 0 aliphatic carbocycles. The number of rotatable bonds is 3. The molecule has 3 rings (SSSR count). The van der Waals surface area contributed by atoms with Crippen LogP contribution in [0.15, 0.2) is 36.5 Å². The third-order valence-electron chi connectivity index (χ3n) is 3.16. The number of hydrogen-bond acceptors (Lipinski definition) is 4. The maximum absolute atomic E-state index is 12.2. The fourth-order valence-electron chi connectivity index (χ4n) is 2.12. The zero-order valence-corrected chi connectivity index (χ0v) is 13.3. The Bertz CT molecular complexity index is 782. The number of halogens is 2. The first-order chi connectivity index (χ1) is 11.0. The lowest BCUT2D eigenvalue weighted by Gasteiger charge is -2.27. The lowest BCUT2D eigenvalue weighted by Crippen LogP contribution is -2.43. The zero-order valence-electron chi connectivity index (χ0n) is 11.8. The van der Waals surface area contributed by atoms with Crippen LogP contribution in [0, 0.1) is 0 Å². The molecule has 1 aromatic heterocycles. The van der Waals surface area contributed by atoms with Crippen molar-refractivity contribution >= 4 is 46.5 Å². The van der Waals surface area contributed by atoms with Crippen molar-refractivity contribution in [3.63, 3.8) is 0 Å². The number of nitrogens with one attached hydrogen (secondary N) is 1. The highest BCUT2D eigenvalue weighted by Crippen LogP contribution is 2.29. The van der Waals surface area contributed by atoms with E-state index in [0.717, 1.165) is 0 Å². The molecule has 118 valence electrons. The summed E-state index contributed by atoms with van der Waals surface area (Å²) >= 11 is 11.9. The highest BCUT2D eigenvalue weighted by molar-refractivity contribution is 6.35. The molecule has 1 aliphatic heterocycles. The molecule has 0 unspecified atom stereocenters. The number of ether oxygens (including phenoxy) is 1. The number of amides is 2. The summed E-state index contributed by atoms with van der Waals surface area (Å²) in [6.07, 6.45) is 1.53. The average Bonchev–Trinajstić information content (AvgIpc) is 2.54. The number of fused-ring (bicyclic) bond motifs is 1. The van der Waals surface area contributed by atoms with Gasteiger partial charge in [0.15, 0.2) is 18.2 Å². The Morgan fingerprint density at radius 3 is 3.00 bits per heavy atom. The second kappa shape index (κ2) is 6.44. The lowest BCUT2D eigenvalue weighted by molar-refractivity contribution is -0.123. The van der Waals surface area contributed by atoms with E-state index in [1.807, 2.05) is 0 Å². The van der Waals surface area contributed by atoms with Crippen molar-refractivity contribution in [3.05, 3.63) is 46.6 Å². The van der Waals surface area contributed by atoms with Crippen LogP contribution in [0.3, 0.4) is 0 Å². The third-order valence-corrected chi connectivity index (χ3v) is 3.73. The van der Waals surface area contributed by atoms with E-state index in [9.17, 15) is 9.59 Å². The molecule has 2 amide bonds. The molecule has 0 spiro atoms. The molecule has 6 nitrogen and oxygen atoms in total. The van der Waals surface area contributed by atoms with Gasteiger partial charge in [0.2, 0.25) is 5.91 Å². The molecule has 0 saturated heterocycles. The van der Waals surface area contributed by atoms with Crippen LogP contribution in [0.1, 0.15) is 0 Å². The normalized spacial score (nSPS) is 13.3. The van der Waals surface area contributed by atoms with Crippen molar-refractivity contribution < 1.29 is 14.3 Å². The fraction of sp³-hybridized carbons (Fsp3) is 0.133. The smallest absolute Gasteiger partial charge is 0.266 e. The molecule has 0 fully saturated rings. The van der Waals surface area contributed by atoms with Gasteiger partial charge in [0.25, 0.3) is 5.91 Å². The quantitative estimate of drug-likeness (QED) is 0.922. The van der Waals surface area contributed by atoms with Gasteiger partial charge in [-0.2, -0.15) is 0 Å². The minimum atomic E-state index is -0.416. The predicted molar refractivity (Wildman–Crippen MR) is 87.2 cm³/mol. The molecule has 1 N–H and O–H groups in total. The number of nitrogens with zero attached hydrogens (tertiary/aromatic N) is 2. The SMILES string of the molecule is O=C(CN1C(=O)COc2cccnc21)Nc1cc(Cl)ccc1Cl. The van der Waals surface area contributed by atoms with E-state index in [4.69, 9.17) is 27.9 Å². The Labute approximate surface area is 142 Å². The van der Waals surface area contributed by atoms with Gasteiger partial charge >= 0.3 is 0 Å². The van der Waals surface area contributed by atoms with Gasteiger partial charge in [0.1, 0.15) is 6.54 Å². The van der Waals surface area contributed by atoms with Crippen LogP contribution < -0.4 is 15.0 Å². The highest BCUT2D eigenvalue weighted by Gasteiger charge is 2.28. The van der Waals surface area contributed by atoms with Crippen LogP contribution in [-0.2, 0) is 9.59 Å². The summed E-state index contributed by atoms with van der Waals surface area (Å²) in [5, 5.41) is 3.43. The van der Waals surface area contributed by atoms with Gasteiger partial charge < -0.3 is 10.1 Å². The van der Waals surface area contributed by atoms with E-state index in [-0.39, 0.29) is 19.1 Å². The largest absolute Gasteiger partial charge is 0.480 e. The second-order valence-electron chi connectivity index (χ2n) is 4.77. The average molecular weight is 352 g/mol. The standard InChI is InChI=1S/C15H11Cl2N3O3/c16-9-3-4-10(17)11(6-9)19-13(21)7-20-14(22)8-23-12-2-1-5-18-15(12)20/h1-6H,7-8H2,(H,19,21). The summed E-state index contributed by atoms with van der Waals surface area (Å²) in [5.74, 6) is 0.0151. The van der Waals surface area contributed by atoms with E-state index in [1.54, 1.807) is 24.3 Å². The number of anilines is 2. The number of benzene rings is 1. The van der Waals surface area contributed by atoms with Crippen LogP contribution in [0.4, 0.5) is 11.5 Å².